The smallest absolute Gasteiger partial charge is 0.254 e. The highest BCUT2D eigenvalue weighted by Crippen LogP contribution is 2.46. The zero-order valence-electron chi connectivity index (χ0n) is 19.8. The predicted octanol–water partition coefficient (Wildman–Crippen LogP) is 4.83. The maximum Gasteiger partial charge on any atom is 0.254 e. The molecule has 0 N–H and O–H groups in total. The van der Waals surface area contributed by atoms with Crippen molar-refractivity contribution in [2.24, 2.45) is 0 Å². The molecule has 1 fully saturated rings. The summed E-state index contributed by atoms with van der Waals surface area (Å²) >= 11 is 6.26. The second kappa shape index (κ2) is 8.72. The molecule has 2 amide bonds. The maximum atomic E-state index is 14.2. The van der Waals surface area contributed by atoms with Gasteiger partial charge in [0.2, 0.25) is 5.91 Å². The number of anilines is 1. The molecule has 3 heterocycles. The molecule has 6 heteroatoms. The largest absolute Gasteiger partial charge is 0.368 e. The standard InChI is InChI=1S/C29H28ClN3O2/c1-19-10-11-21(30)18-25(19)31-14-16-32(17-15-31)29(35)26-23-8-4-5-9-24(23)28(34)33-13-12-20-6-2-3-7-22(20)27(26)33/h2-11,18,26-27H,12-17H2,1H3/t26-,27-/m0/s1. The molecule has 0 aliphatic carbocycles. The Morgan fingerprint density at radius 2 is 1.60 bits per heavy atom. The van der Waals surface area contributed by atoms with E-state index in [1.54, 1.807) is 0 Å². The van der Waals surface area contributed by atoms with E-state index in [2.05, 4.69) is 24.0 Å². The Labute approximate surface area is 210 Å². The van der Waals surface area contributed by atoms with Crippen LogP contribution in [0.5, 0.6) is 0 Å². The number of carbonyl (C=O) groups is 2. The van der Waals surface area contributed by atoms with E-state index in [0.29, 0.717) is 25.2 Å². The van der Waals surface area contributed by atoms with Gasteiger partial charge in [-0.3, -0.25) is 9.59 Å². The van der Waals surface area contributed by atoms with Crippen LogP contribution < -0.4 is 4.90 Å². The number of fused-ring (bicyclic) bond motifs is 4. The monoisotopic (exact) mass is 485 g/mol. The highest BCUT2D eigenvalue weighted by atomic mass is 35.5. The number of halogens is 1. The first-order chi connectivity index (χ1) is 17.0. The van der Waals surface area contributed by atoms with Gasteiger partial charge < -0.3 is 14.7 Å². The molecule has 0 aromatic heterocycles. The van der Waals surface area contributed by atoms with Crippen LogP contribution in [0.15, 0.2) is 66.7 Å². The van der Waals surface area contributed by atoms with E-state index in [0.717, 1.165) is 41.3 Å². The van der Waals surface area contributed by atoms with Gasteiger partial charge in [-0.25, -0.2) is 0 Å². The molecule has 0 spiro atoms. The number of benzene rings is 3. The number of amides is 2. The van der Waals surface area contributed by atoms with Crippen LogP contribution in [-0.4, -0.2) is 54.3 Å². The van der Waals surface area contributed by atoms with E-state index >= 15 is 0 Å². The topological polar surface area (TPSA) is 43.9 Å². The van der Waals surface area contributed by atoms with Gasteiger partial charge in [0.15, 0.2) is 0 Å². The van der Waals surface area contributed by atoms with Gasteiger partial charge in [-0.15, -0.1) is 0 Å². The fourth-order valence-corrected chi connectivity index (χ4v) is 6.20. The Hall–Kier alpha value is -3.31. The molecule has 1 saturated heterocycles. The lowest BCUT2D eigenvalue weighted by molar-refractivity contribution is -0.135. The zero-order chi connectivity index (χ0) is 24.1. The average molecular weight is 486 g/mol. The summed E-state index contributed by atoms with van der Waals surface area (Å²) in [6.45, 7) is 5.53. The summed E-state index contributed by atoms with van der Waals surface area (Å²) in [6, 6.07) is 21.7. The molecule has 3 aliphatic heterocycles. The van der Waals surface area contributed by atoms with Gasteiger partial charge in [-0.05, 0) is 53.8 Å². The lowest BCUT2D eigenvalue weighted by Crippen LogP contribution is -2.54. The minimum absolute atomic E-state index is 0.0328. The van der Waals surface area contributed by atoms with Crippen molar-refractivity contribution in [1.82, 2.24) is 9.80 Å². The van der Waals surface area contributed by atoms with E-state index in [1.807, 2.05) is 64.4 Å². The number of hydrogen-bond donors (Lipinski definition) is 0. The summed E-state index contributed by atoms with van der Waals surface area (Å²) in [5.41, 5.74) is 6.17. The van der Waals surface area contributed by atoms with E-state index in [1.165, 1.54) is 11.1 Å². The SMILES string of the molecule is Cc1ccc(Cl)cc1N1CCN(C(=O)[C@H]2c3ccccc3C(=O)N3CCc4ccccc4[C@@H]23)CC1. The molecule has 178 valence electrons. The number of hydrogen-bond acceptors (Lipinski definition) is 3. The summed E-state index contributed by atoms with van der Waals surface area (Å²) in [4.78, 5) is 33.9. The lowest BCUT2D eigenvalue weighted by atomic mass is 9.75. The third kappa shape index (κ3) is 3.69. The van der Waals surface area contributed by atoms with Gasteiger partial charge in [-0.2, -0.15) is 0 Å². The molecule has 0 unspecified atom stereocenters. The maximum absolute atomic E-state index is 14.2. The van der Waals surface area contributed by atoms with Crippen LogP contribution in [0.2, 0.25) is 5.02 Å². The van der Waals surface area contributed by atoms with E-state index in [-0.39, 0.29) is 17.9 Å². The fourth-order valence-electron chi connectivity index (χ4n) is 6.03. The molecular formula is C29H28ClN3O2. The number of carbonyl (C=O) groups excluding carboxylic acids is 2. The lowest BCUT2D eigenvalue weighted by Gasteiger charge is -2.47. The quantitative estimate of drug-likeness (QED) is 0.522. The summed E-state index contributed by atoms with van der Waals surface area (Å²) in [5, 5.41) is 0.726. The number of aryl methyl sites for hydroxylation is 1. The highest BCUT2D eigenvalue weighted by molar-refractivity contribution is 6.30. The first-order valence-corrected chi connectivity index (χ1v) is 12.7. The van der Waals surface area contributed by atoms with Crippen molar-refractivity contribution in [2.45, 2.75) is 25.3 Å². The van der Waals surface area contributed by atoms with E-state index in [9.17, 15) is 9.59 Å². The summed E-state index contributed by atoms with van der Waals surface area (Å²) in [7, 11) is 0. The molecule has 0 radical (unpaired) electrons. The van der Waals surface area contributed by atoms with Crippen LogP contribution in [0.1, 0.15) is 44.6 Å². The van der Waals surface area contributed by atoms with Gasteiger partial charge in [-0.1, -0.05) is 60.1 Å². The van der Waals surface area contributed by atoms with Gasteiger partial charge in [0.25, 0.3) is 5.91 Å². The Morgan fingerprint density at radius 3 is 2.40 bits per heavy atom. The van der Waals surface area contributed by atoms with Gasteiger partial charge in [0, 0.05) is 49.0 Å². The van der Waals surface area contributed by atoms with Gasteiger partial charge >= 0.3 is 0 Å². The third-order valence-corrected chi connectivity index (χ3v) is 8.04. The van der Waals surface area contributed by atoms with Crippen molar-refractivity contribution >= 4 is 29.1 Å². The molecule has 2 atom stereocenters. The normalized spacial score (nSPS) is 21.3. The van der Waals surface area contributed by atoms with Crippen molar-refractivity contribution in [3.05, 3.63) is 99.6 Å². The van der Waals surface area contributed by atoms with Crippen LogP contribution in [0.4, 0.5) is 5.69 Å². The highest BCUT2D eigenvalue weighted by Gasteiger charge is 2.47. The van der Waals surface area contributed by atoms with Gasteiger partial charge in [0.05, 0.1) is 12.0 Å². The molecule has 5 nitrogen and oxygen atoms in total. The molecule has 0 saturated carbocycles. The fraction of sp³-hybridized carbons (Fsp3) is 0.310. The van der Waals surface area contributed by atoms with Gasteiger partial charge in [0.1, 0.15) is 0 Å². The third-order valence-electron chi connectivity index (χ3n) is 7.80. The molecule has 3 aliphatic rings. The van der Waals surface area contributed by atoms with Crippen molar-refractivity contribution in [3.63, 3.8) is 0 Å². The minimum atomic E-state index is -0.398. The molecular weight excluding hydrogens is 458 g/mol. The number of rotatable bonds is 2. The first-order valence-electron chi connectivity index (χ1n) is 12.3. The van der Waals surface area contributed by atoms with Crippen LogP contribution in [0.3, 0.4) is 0 Å². The second-order valence-corrected chi connectivity index (χ2v) is 10.1. The Balaban J connectivity index is 1.33. The molecule has 3 aromatic carbocycles. The van der Waals surface area contributed by atoms with Crippen molar-refractivity contribution in [1.29, 1.82) is 0 Å². The molecule has 3 aromatic rings. The molecule has 6 rings (SSSR count). The van der Waals surface area contributed by atoms with Crippen LogP contribution in [-0.2, 0) is 11.2 Å². The number of nitrogens with zero attached hydrogens (tertiary/aromatic N) is 3. The molecule has 0 bridgehead atoms. The molecule has 35 heavy (non-hydrogen) atoms. The van der Waals surface area contributed by atoms with Crippen molar-refractivity contribution < 1.29 is 9.59 Å². The summed E-state index contributed by atoms with van der Waals surface area (Å²) in [6.07, 6.45) is 0.819. The zero-order valence-corrected chi connectivity index (χ0v) is 20.5. The summed E-state index contributed by atoms with van der Waals surface area (Å²) < 4.78 is 0. The Kier molecular flexibility index (Phi) is 5.53. The predicted molar refractivity (Wildman–Crippen MR) is 138 cm³/mol. The van der Waals surface area contributed by atoms with Crippen LogP contribution >= 0.6 is 11.6 Å². The van der Waals surface area contributed by atoms with E-state index < -0.39 is 5.92 Å². The van der Waals surface area contributed by atoms with Crippen LogP contribution in [0.25, 0.3) is 0 Å². The minimum Gasteiger partial charge on any atom is -0.368 e. The first kappa shape index (κ1) is 22.2. The summed E-state index contributed by atoms with van der Waals surface area (Å²) in [5.74, 6) is -0.255. The van der Waals surface area contributed by atoms with Crippen LogP contribution in [0, 0.1) is 6.92 Å². The average Bonchev–Trinajstić information content (AvgIpc) is 2.90. The second-order valence-electron chi connectivity index (χ2n) is 9.70. The Bertz CT molecular complexity index is 1310. The number of piperazine rings is 1. The van der Waals surface area contributed by atoms with Crippen molar-refractivity contribution in [2.75, 3.05) is 37.6 Å². The van der Waals surface area contributed by atoms with E-state index in [4.69, 9.17) is 11.6 Å². The van der Waals surface area contributed by atoms with Crippen molar-refractivity contribution in [3.8, 4) is 0 Å². The Morgan fingerprint density at radius 1 is 0.886 bits per heavy atom.